The minimum absolute atomic E-state index is 0.0260. The van der Waals surface area contributed by atoms with Crippen LogP contribution < -0.4 is 5.32 Å². The van der Waals surface area contributed by atoms with Gasteiger partial charge >= 0.3 is 0 Å². The highest BCUT2D eigenvalue weighted by Gasteiger charge is 2.16. The summed E-state index contributed by atoms with van der Waals surface area (Å²) in [5.41, 5.74) is 1.01. The molecule has 0 saturated carbocycles. The van der Waals surface area contributed by atoms with Crippen molar-refractivity contribution in [2.24, 2.45) is 5.92 Å². The Morgan fingerprint density at radius 2 is 1.94 bits per heavy atom. The molecule has 0 unspecified atom stereocenters. The second-order valence-corrected chi connectivity index (χ2v) is 4.68. The van der Waals surface area contributed by atoms with Crippen molar-refractivity contribution in [1.82, 2.24) is 5.32 Å². The Bertz CT molecular complexity index is 376. The van der Waals surface area contributed by atoms with Crippen LogP contribution in [0.3, 0.4) is 0 Å². The minimum Gasteiger partial charge on any atom is -0.375 e. The monoisotopic (exact) mass is 253 g/mol. The van der Waals surface area contributed by atoms with E-state index in [1.165, 1.54) is 19.2 Å². The van der Waals surface area contributed by atoms with Crippen LogP contribution in [0.1, 0.15) is 19.4 Å². The largest absolute Gasteiger partial charge is 0.375 e. The number of rotatable bonds is 6. The van der Waals surface area contributed by atoms with Gasteiger partial charge in [-0.05, 0) is 30.0 Å². The zero-order chi connectivity index (χ0) is 13.5. The zero-order valence-corrected chi connectivity index (χ0v) is 11.1. The number of amides is 1. The molecule has 1 atom stereocenters. The number of hydrogen-bond acceptors (Lipinski definition) is 2. The molecule has 0 radical (unpaired) electrons. The maximum absolute atomic E-state index is 12.8. The molecule has 0 spiro atoms. The zero-order valence-electron chi connectivity index (χ0n) is 11.1. The van der Waals surface area contributed by atoms with Crippen molar-refractivity contribution >= 4 is 5.91 Å². The molecule has 0 aliphatic heterocycles. The van der Waals surface area contributed by atoms with Gasteiger partial charge in [0.1, 0.15) is 12.4 Å². The molecule has 0 fully saturated rings. The van der Waals surface area contributed by atoms with Gasteiger partial charge in [-0.2, -0.15) is 0 Å². The summed E-state index contributed by atoms with van der Waals surface area (Å²) in [6, 6.07) is 6.38. The van der Waals surface area contributed by atoms with E-state index in [0.29, 0.717) is 12.3 Å². The first kappa shape index (κ1) is 14.6. The van der Waals surface area contributed by atoms with Crippen molar-refractivity contribution in [3.63, 3.8) is 0 Å². The second-order valence-electron chi connectivity index (χ2n) is 4.68. The number of carbonyl (C=O) groups excluding carboxylic acids is 1. The van der Waals surface area contributed by atoms with E-state index in [4.69, 9.17) is 4.74 Å². The van der Waals surface area contributed by atoms with Crippen LogP contribution in [0.25, 0.3) is 0 Å². The molecule has 0 saturated heterocycles. The fraction of sp³-hybridized carbons (Fsp3) is 0.500. The molecule has 18 heavy (non-hydrogen) atoms. The Balaban J connectivity index is 2.62. The molecule has 1 aromatic carbocycles. The third kappa shape index (κ3) is 4.84. The summed E-state index contributed by atoms with van der Waals surface area (Å²) < 4.78 is 17.6. The maximum Gasteiger partial charge on any atom is 0.246 e. The third-order valence-corrected chi connectivity index (χ3v) is 2.80. The molecule has 0 aliphatic rings. The fourth-order valence-electron chi connectivity index (χ4n) is 1.71. The summed E-state index contributed by atoms with van der Waals surface area (Å²) in [7, 11) is 1.49. The maximum atomic E-state index is 12.8. The van der Waals surface area contributed by atoms with E-state index in [1.54, 1.807) is 12.1 Å². The molecule has 1 aromatic rings. The molecule has 1 amide bonds. The minimum atomic E-state index is -0.247. The highest BCUT2D eigenvalue weighted by atomic mass is 19.1. The van der Waals surface area contributed by atoms with Crippen LogP contribution in [0.5, 0.6) is 0 Å². The van der Waals surface area contributed by atoms with Gasteiger partial charge in [-0.3, -0.25) is 4.79 Å². The Hall–Kier alpha value is -1.42. The van der Waals surface area contributed by atoms with Crippen molar-refractivity contribution in [1.29, 1.82) is 0 Å². The van der Waals surface area contributed by atoms with E-state index in [0.717, 1.165) is 5.56 Å². The van der Waals surface area contributed by atoms with Crippen LogP contribution in [-0.2, 0) is 16.0 Å². The van der Waals surface area contributed by atoms with Crippen molar-refractivity contribution in [2.45, 2.75) is 26.3 Å². The first-order valence-corrected chi connectivity index (χ1v) is 6.05. The Morgan fingerprint density at radius 1 is 1.33 bits per heavy atom. The van der Waals surface area contributed by atoms with E-state index in [2.05, 4.69) is 5.32 Å². The summed E-state index contributed by atoms with van der Waals surface area (Å²) in [5, 5.41) is 2.92. The SMILES string of the molecule is COCC(=O)N[C@H](Cc1ccc(F)cc1)C(C)C. The van der Waals surface area contributed by atoms with Crippen LogP contribution in [0, 0.1) is 11.7 Å². The number of carbonyl (C=O) groups is 1. The van der Waals surface area contributed by atoms with Crippen LogP contribution in [0.4, 0.5) is 4.39 Å². The number of halogens is 1. The third-order valence-electron chi connectivity index (χ3n) is 2.80. The quantitative estimate of drug-likeness (QED) is 0.843. The Morgan fingerprint density at radius 3 is 2.44 bits per heavy atom. The number of methoxy groups -OCH3 is 1. The van der Waals surface area contributed by atoms with Crippen molar-refractivity contribution in [3.8, 4) is 0 Å². The van der Waals surface area contributed by atoms with Gasteiger partial charge in [0.25, 0.3) is 0 Å². The molecule has 0 aliphatic carbocycles. The number of hydrogen-bond donors (Lipinski definition) is 1. The summed E-state index contributed by atoms with van der Waals surface area (Å²) >= 11 is 0. The summed E-state index contributed by atoms with van der Waals surface area (Å²) in [6.07, 6.45) is 0.688. The Kier molecular flexibility index (Phi) is 5.78. The summed E-state index contributed by atoms with van der Waals surface area (Å²) in [5.74, 6) is -0.0718. The molecule has 0 aromatic heterocycles. The van der Waals surface area contributed by atoms with Crippen molar-refractivity contribution in [2.75, 3.05) is 13.7 Å². The first-order chi connectivity index (χ1) is 8.52. The molecule has 3 nitrogen and oxygen atoms in total. The van der Waals surface area contributed by atoms with E-state index in [-0.39, 0.29) is 24.4 Å². The first-order valence-electron chi connectivity index (χ1n) is 6.05. The van der Waals surface area contributed by atoms with E-state index >= 15 is 0 Å². The van der Waals surface area contributed by atoms with Crippen LogP contribution in [0.2, 0.25) is 0 Å². The van der Waals surface area contributed by atoms with Crippen LogP contribution in [-0.4, -0.2) is 25.7 Å². The van der Waals surface area contributed by atoms with Gasteiger partial charge in [0.15, 0.2) is 0 Å². The second kappa shape index (κ2) is 7.11. The number of benzene rings is 1. The average molecular weight is 253 g/mol. The standard InChI is InChI=1S/C14H20FNO2/c1-10(2)13(16-14(17)9-18-3)8-11-4-6-12(15)7-5-11/h4-7,10,13H,8-9H2,1-3H3,(H,16,17)/t13-/m1/s1. The van der Waals surface area contributed by atoms with Gasteiger partial charge in [-0.25, -0.2) is 4.39 Å². The molecule has 100 valence electrons. The number of ether oxygens (including phenoxy) is 1. The van der Waals surface area contributed by atoms with Gasteiger partial charge in [0.05, 0.1) is 0 Å². The van der Waals surface area contributed by atoms with E-state index in [9.17, 15) is 9.18 Å². The van der Waals surface area contributed by atoms with Crippen molar-refractivity contribution < 1.29 is 13.9 Å². The molecule has 0 heterocycles. The van der Waals surface area contributed by atoms with E-state index < -0.39 is 0 Å². The van der Waals surface area contributed by atoms with Crippen LogP contribution in [0.15, 0.2) is 24.3 Å². The van der Waals surface area contributed by atoms with Gasteiger partial charge in [-0.1, -0.05) is 26.0 Å². The lowest BCUT2D eigenvalue weighted by Gasteiger charge is -2.22. The molecular formula is C14H20FNO2. The van der Waals surface area contributed by atoms with E-state index in [1.807, 2.05) is 13.8 Å². The predicted octanol–water partition coefficient (Wildman–Crippen LogP) is 2.16. The molecule has 1 rings (SSSR count). The molecule has 4 heteroatoms. The lowest BCUT2D eigenvalue weighted by molar-refractivity contribution is -0.125. The highest BCUT2D eigenvalue weighted by Crippen LogP contribution is 2.11. The van der Waals surface area contributed by atoms with Gasteiger partial charge in [0, 0.05) is 13.2 Å². The highest BCUT2D eigenvalue weighted by molar-refractivity contribution is 5.77. The summed E-state index contributed by atoms with van der Waals surface area (Å²) in [6.45, 7) is 4.15. The molecule has 0 bridgehead atoms. The van der Waals surface area contributed by atoms with Gasteiger partial charge in [-0.15, -0.1) is 0 Å². The molecular weight excluding hydrogens is 233 g/mol. The van der Waals surface area contributed by atoms with Gasteiger partial charge < -0.3 is 10.1 Å². The van der Waals surface area contributed by atoms with Crippen molar-refractivity contribution in [3.05, 3.63) is 35.6 Å². The lowest BCUT2D eigenvalue weighted by atomic mass is 9.96. The molecule has 1 N–H and O–H groups in total. The fourth-order valence-corrected chi connectivity index (χ4v) is 1.71. The van der Waals surface area contributed by atoms with Gasteiger partial charge in [0.2, 0.25) is 5.91 Å². The predicted molar refractivity (Wildman–Crippen MR) is 68.7 cm³/mol. The average Bonchev–Trinajstić information content (AvgIpc) is 2.31. The smallest absolute Gasteiger partial charge is 0.246 e. The summed E-state index contributed by atoms with van der Waals surface area (Å²) in [4.78, 5) is 11.5. The Labute approximate surface area is 107 Å². The van der Waals surface area contributed by atoms with Crippen LogP contribution >= 0.6 is 0 Å². The topological polar surface area (TPSA) is 38.3 Å². The number of nitrogens with one attached hydrogen (secondary N) is 1. The lowest BCUT2D eigenvalue weighted by Crippen LogP contribution is -2.41. The normalized spacial score (nSPS) is 12.5.